The number of carbonyl (C=O) groups is 1. The molecule has 0 N–H and O–H groups in total. The quantitative estimate of drug-likeness (QED) is 0.431. The van der Waals surface area contributed by atoms with Crippen molar-refractivity contribution in [2.75, 3.05) is 19.8 Å². The number of aldehydes is 1. The average Bonchev–Trinajstić information content (AvgIpc) is 2.60. The minimum absolute atomic E-state index is 0.311. The molecule has 4 nitrogen and oxygen atoms in total. The minimum Gasteiger partial charge on any atom is -0.490 e. The third-order valence-corrected chi connectivity index (χ3v) is 4.13. The van der Waals surface area contributed by atoms with Gasteiger partial charge in [0.25, 0.3) is 0 Å². The Hall–Kier alpha value is -2.20. The Morgan fingerprint density at radius 3 is 2.42 bits per heavy atom. The lowest BCUT2D eigenvalue weighted by Crippen LogP contribution is -2.11. The summed E-state index contributed by atoms with van der Waals surface area (Å²) in [6.45, 7) is 9.31. The number of rotatable bonds is 9. The predicted octanol–water partition coefficient (Wildman–Crippen LogP) is 5.44. The maximum atomic E-state index is 11.0. The molecule has 0 unspecified atom stereocenters. The molecule has 0 fully saturated rings. The monoisotopic (exact) mass is 376 g/mol. The maximum absolute atomic E-state index is 11.0. The molecule has 0 aliphatic carbocycles. The normalized spacial score (nSPS) is 10.7. The largest absolute Gasteiger partial charge is 0.490 e. The summed E-state index contributed by atoms with van der Waals surface area (Å²) in [7, 11) is 0. The van der Waals surface area contributed by atoms with Gasteiger partial charge < -0.3 is 14.2 Å². The van der Waals surface area contributed by atoms with Crippen LogP contribution in [0.3, 0.4) is 0 Å². The summed E-state index contributed by atoms with van der Waals surface area (Å²) in [6.07, 6.45) is 0.729. The van der Waals surface area contributed by atoms with E-state index in [1.807, 2.05) is 19.9 Å². The van der Waals surface area contributed by atoms with Crippen molar-refractivity contribution < 1.29 is 19.0 Å². The smallest absolute Gasteiger partial charge is 0.179 e. The number of halogens is 1. The second kappa shape index (κ2) is 9.48. The SMILES string of the molecule is CCOc1cc(C=O)cc(Cl)c1OCCOc1cc(C)ccc1C(C)C. The Balaban J connectivity index is 2.05. The van der Waals surface area contributed by atoms with E-state index in [1.54, 1.807) is 12.1 Å². The molecule has 0 saturated heterocycles. The summed E-state index contributed by atoms with van der Waals surface area (Å²) in [6, 6.07) is 9.40. The van der Waals surface area contributed by atoms with Gasteiger partial charge in [-0.2, -0.15) is 0 Å². The van der Waals surface area contributed by atoms with Crippen molar-refractivity contribution in [1.82, 2.24) is 0 Å². The zero-order valence-corrected chi connectivity index (χ0v) is 16.4. The highest BCUT2D eigenvalue weighted by atomic mass is 35.5. The van der Waals surface area contributed by atoms with Gasteiger partial charge in [-0.3, -0.25) is 4.79 Å². The van der Waals surface area contributed by atoms with Crippen molar-refractivity contribution in [3.8, 4) is 17.2 Å². The highest BCUT2D eigenvalue weighted by Gasteiger charge is 2.13. The van der Waals surface area contributed by atoms with Gasteiger partial charge in [0.05, 0.1) is 11.6 Å². The van der Waals surface area contributed by atoms with E-state index in [1.165, 1.54) is 5.56 Å². The van der Waals surface area contributed by atoms with Crippen LogP contribution in [0, 0.1) is 6.92 Å². The first-order chi connectivity index (χ1) is 12.5. The van der Waals surface area contributed by atoms with Crippen LogP contribution in [0.15, 0.2) is 30.3 Å². The number of benzene rings is 2. The Labute approximate surface area is 160 Å². The first-order valence-corrected chi connectivity index (χ1v) is 9.11. The summed E-state index contributed by atoms with van der Waals surface area (Å²) in [5.41, 5.74) is 2.76. The standard InChI is InChI=1S/C21H25ClO4/c1-5-24-20-12-16(13-23)11-18(22)21(20)26-9-8-25-19-10-15(4)6-7-17(19)14(2)3/h6-7,10-14H,5,8-9H2,1-4H3. The molecule has 2 aromatic rings. The fourth-order valence-corrected chi connectivity index (χ4v) is 2.87. The third kappa shape index (κ3) is 5.15. The summed E-state index contributed by atoms with van der Waals surface area (Å²) in [5.74, 6) is 2.13. The molecule has 0 bridgehead atoms. The molecule has 0 aliphatic rings. The van der Waals surface area contributed by atoms with Crippen LogP contribution in [0.2, 0.25) is 5.02 Å². The van der Waals surface area contributed by atoms with Gasteiger partial charge in [-0.15, -0.1) is 0 Å². The van der Waals surface area contributed by atoms with Crippen molar-refractivity contribution in [3.63, 3.8) is 0 Å². The van der Waals surface area contributed by atoms with Gasteiger partial charge in [-0.1, -0.05) is 37.6 Å². The molecule has 5 heteroatoms. The molecule has 0 aliphatic heterocycles. The molecule has 0 spiro atoms. The van der Waals surface area contributed by atoms with E-state index in [4.69, 9.17) is 25.8 Å². The molecular formula is C21H25ClO4. The molecule has 26 heavy (non-hydrogen) atoms. The summed E-state index contributed by atoms with van der Waals surface area (Å²) >= 11 is 6.23. The van der Waals surface area contributed by atoms with Gasteiger partial charge in [0.15, 0.2) is 11.5 Å². The number of aryl methyl sites for hydroxylation is 1. The van der Waals surface area contributed by atoms with Crippen LogP contribution in [0.5, 0.6) is 17.2 Å². The van der Waals surface area contributed by atoms with Gasteiger partial charge in [-0.05, 0) is 49.1 Å². The molecule has 2 rings (SSSR count). The van der Waals surface area contributed by atoms with Crippen LogP contribution in [0.25, 0.3) is 0 Å². The first-order valence-electron chi connectivity index (χ1n) is 8.73. The predicted molar refractivity (Wildman–Crippen MR) is 104 cm³/mol. The number of hydrogen-bond donors (Lipinski definition) is 0. The fourth-order valence-electron chi connectivity index (χ4n) is 2.60. The molecule has 140 valence electrons. The van der Waals surface area contributed by atoms with Gasteiger partial charge in [0.1, 0.15) is 25.2 Å². The highest BCUT2D eigenvalue weighted by Crippen LogP contribution is 2.36. The first kappa shape index (κ1) is 20.1. The Morgan fingerprint density at radius 1 is 1.04 bits per heavy atom. The minimum atomic E-state index is 0.311. The van der Waals surface area contributed by atoms with Crippen molar-refractivity contribution in [1.29, 1.82) is 0 Å². The molecular weight excluding hydrogens is 352 g/mol. The highest BCUT2D eigenvalue weighted by molar-refractivity contribution is 6.32. The van der Waals surface area contributed by atoms with E-state index < -0.39 is 0 Å². The maximum Gasteiger partial charge on any atom is 0.179 e. The third-order valence-electron chi connectivity index (χ3n) is 3.85. The Kier molecular flexibility index (Phi) is 7.34. The number of hydrogen-bond acceptors (Lipinski definition) is 4. The lowest BCUT2D eigenvalue weighted by atomic mass is 10.0. The zero-order chi connectivity index (χ0) is 19.1. The van der Waals surface area contributed by atoms with Crippen LogP contribution >= 0.6 is 11.6 Å². The number of ether oxygens (including phenoxy) is 3. The van der Waals surface area contributed by atoms with Crippen molar-refractivity contribution in [3.05, 3.63) is 52.0 Å². The van der Waals surface area contributed by atoms with E-state index in [9.17, 15) is 4.79 Å². The van der Waals surface area contributed by atoms with Gasteiger partial charge in [0.2, 0.25) is 0 Å². The van der Waals surface area contributed by atoms with E-state index in [2.05, 4.69) is 26.0 Å². The van der Waals surface area contributed by atoms with Crippen molar-refractivity contribution >= 4 is 17.9 Å². The van der Waals surface area contributed by atoms with Crippen LogP contribution in [0.1, 0.15) is 48.2 Å². The van der Waals surface area contributed by atoms with E-state index in [0.717, 1.165) is 17.6 Å². The zero-order valence-electron chi connectivity index (χ0n) is 15.7. The molecule has 2 aromatic carbocycles. The Morgan fingerprint density at radius 2 is 1.77 bits per heavy atom. The van der Waals surface area contributed by atoms with Crippen LogP contribution in [0.4, 0.5) is 0 Å². The summed E-state index contributed by atoms with van der Waals surface area (Å²) in [4.78, 5) is 11.0. The number of carbonyl (C=O) groups excluding carboxylic acids is 1. The lowest BCUT2D eigenvalue weighted by Gasteiger charge is -2.17. The second-order valence-corrected chi connectivity index (χ2v) is 6.68. The van der Waals surface area contributed by atoms with E-state index in [0.29, 0.717) is 47.8 Å². The molecule has 0 radical (unpaired) electrons. The second-order valence-electron chi connectivity index (χ2n) is 6.27. The molecule has 0 amide bonds. The molecule has 0 heterocycles. The van der Waals surface area contributed by atoms with Gasteiger partial charge >= 0.3 is 0 Å². The molecule has 0 saturated carbocycles. The average molecular weight is 377 g/mol. The van der Waals surface area contributed by atoms with Gasteiger partial charge in [0, 0.05) is 5.56 Å². The van der Waals surface area contributed by atoms with E-state index >= 15 is 0 Å². The summed E-state index contributed by atoms with van der Waals surface area (Å²) in [5, 5.41) is 0.344. The van der Waals surface area contributed by atoms with Crippen molar-refractivity contribution in [2.24, 2.45) is 0 Å². The van der Waals surface area contributed by atoms with Crippen molar-refractivity contribution in [2.45, 2.75) is 33.6 Å². The fraction of sp³-hybridized carbons (Fsp3) is 0.381. The topological polar surface area (TPSA) is 44.8 Å². The summed E-state index contributed by atoms with van der Waals surface area (Å²) < 4.78 is 17.2. The molecule has 0 aromatic heterocycles. The van der Waals surface area contributed by atoms with E-state index in [-0.39, 0.29) is 0 Å². The van der Waals surface area contributed by atoms with Crippen LogP contribution in [-0.4, -0.2) is 26.1 Å². The van der Waals surface area contributed by atoms with Gasteiger partial charge in [-0.25, -0.2) is 0 Å². The Bertz CT molecular complexity index is 756. The lowest BCUT2D eigenvalue weighted by molar-refractivity contribution is 0.112. The van der Waals surface area contributed by atoms with Crippen LogP contribution < -0.4 is 14.2 Å². The molecule has 0 atom stereocenters. The van der Waals surface area contributed by atoms with Crippen LogP contribution in [-0.2, 0) is 0 Å².